The molecule has 11 nitrogen and oxygen atoms in total. The molecule has 0 fully saturated rings. The average molecular weight is 703 g/mol. The van der Waals surface area contributed by atoms with Crippen LogP contribution in [0.3, 0.4) is 0 Å². The minimum Gasteiger partial charge on any atom is -0.466 e. The summed E-state index contributed by atoms with van der Waals surface area (Å²) >= 11 is 8.87. The summed E-state index contributed by atoms with van der Waals surface area (Å²) in [6, 6.07) is 18.7. The van der Waals surface area contributed by atoms with Gasteiger partial charge in [0.1, 0.15) is 33.6 Å². The molecule has 2 heterocycles. The van der Waals surface area contributed by atoms with Crippen LogP contribution >= 0.6 is 34.7 Å². The number of esters is 1. The van der Waals surface area contributed by atoms with Crippen molar-refractivity contribution >= 4 is 52.4 Å². The van der Waals surface area contributed by atoms with Crippen molar-refractivity contribution in [3.8, 4) is 33.8 Å². The average Bonchev–Trinajstić information content (AvgIpc) is 3.57. The first-order valence-electron chi connectivity index (χ1n) is 15.2. The van der Waals surface area contributed by atoms with E-state index in [1.54, 1.807) is 0 Å². The zero-order valence-electron chi connectivity index (χ0n) is 26.1. The van der Waals surface area contributed by atoms with Crippen LogP contribution in [0.2, 0.25) is 5.02 Å². The van der Waals surface area contributed by atoms with Gasteiger partial charge in [-0.1, -0.05) is 59.8 Å². The number of thioether (sulfide) groups is 1. The van der Waals surface area contributed by atoms with E-state index in [4.69, 9.17) is 38.5 Å². The SMILES string of the molecule is N#Cc1c(N)nc(SCc2csc(-c3ccc(Cl)cc3)n2)c(C#N)c1-c1ccc(CCCCOC(=O)CC[C@H](N)C(=O)NCCN)cc1. The Morgan fingerprint density at radius 2 is 1.73 bits per heavy atom. The van der Waals surface area contributed by atoms with Crippen molar-refractivity contribution in [2.24, 2.45) is 11.5 Å². The maximum atomic E-state index is 12.0. The summed E-state index contributed by atoms with van der Waals surface area (Å²) < 4.78 is 5.28. The monoisotopic (exact) mass is 702 g/mol. The van der Waals surface area contributed by atoms with Crippen LogP contribution in [0, 0.1) is 22.7 Å². The van der Waals surface area contributed by atoms with E-state index in [9.17, 15) is 20.1 Å². The molecule has 0 aliphatic carbocycles. The zero-order chi connectivity index (χ0) is 34.5. The van der Waals surface area contributed by atoms with Crippen LogP contribution in [-0.4, -0.2) is 47.6 Å². The van der Waals surface area contributed by atoms with Crippen molar-refractivity contribution in [2.75, 3.05) is 25.4 Å². The maximum absolute atomic E-state index is 12.0. The predicted octanol–water partition coefficient (Wildman–Crippen LogP) is 5.19. The van der Waals surface area contributed by atoms with Gasteiger partial charge in [-0.15, -0.1) is 11.3 Å². The van der Waals surface area contributed by atoms with E-state index >= 15 is 0 Å². The number of amides is 1. The van der Waals surface area contributed by atoms with Crippen LogP contribution in [0.25, 0.3) is 21.7 Å². The summed E-state index contributed by atoms with van der Waals surface area (Å²) in [6.45, 7) is 0.920. The molecule has 14 heteroatoms. The number of carbonyl (C=O) groups excluding carboxylic acids is 2. The number of nitrogens with two attached hydrogens (primary N) is 3. The van der Waals surface area contributed by atoms with E-state index < -0.39 is 12.0 Å². The number of halogens is 1. The lowest BCUT2D eigenvalue weighted by Crippen LogP contribution is -2.42. The molecule has 0 saturated carbocycles. The fourth-order valence-corrected chi connectivity index (χ4v) is 6.63. The molecule has 7 N–H and O–H groups in total. The largest absolute Gasteiger partial charge is 0.466 e. The van der Waals surface area contributed by atoms with Crippen molar-refractivity contribution in [3.63, 3.8) is 0 Å². The van der Waals surface area contributed by atoms with Gasteiger partial charge in [0.2, 0.25) is 5.91 Å². The Bertz CT molecular complexity index is 1800. The number of aromatic nitrogens is 2. The van der Waals surface area contributed by atoms with Crippen molar-refractivity contribution < 1.29 is 14.3 Å². The third-order valence-corrected chi connectivity index (χ3v) is 9.42. The molecule has 4 rings (SSSR count). The highest BCUT2D eigenvalue weighted by Gasteiger charge is 2.21. The summed E-state index contributed by atoms with van der Waals surface area (Å²) in [5, 5.41) is 26.6. The molecule has 0 aliphatic heterocycles. The minimum absolute atomic E-state index is 0.0594. The van der Waals surface area contributed by atoms with E-state index in [0.29, 0.717) is 46.4 Å². The number of rotatable bonds is 16. The molecule has 1 atom stereocenters. The molecule has 0 aliphatic rings. The first-order valence-corrected chi connectivity index (χ1v) is 17.4. The van der Waals surface area contributed by atoms with Gasteiger partial charge < -0.3 is 27.3 Å². The number of ether oxygens (including phenoxy) is 1. The number of nitrogen functional groups attached to an aromatic ring is 1. The third-order valence-electron chi connectivity index (χ3n) is 7.22. The second-order valence-electron chi connectivity index (χ2n) is 10.7. The van der Waals surface area contributed by atoms with Crippen LogP contribution in [0.5, 0.6) is 0 Å². The van der Waals surface area contributed by atoms with Gasteiger partial charge in [-0.3, -0.25) is 9.59 Å². The van der Waals surface area contributed by atoms with Crippen LogP contribution in [0.4, 0.5) is 5.82 Å². The van der Waals surface area contributed by atoms with Gasteiger partial charge >= 0.3 is 5.97 Å². The van der Waals surface area contributed by atoms with Crippen molar-refractivity contribution in [3.05, 3.63) is 81.3 Å². The van der Waals surface area contributed by atoms with Crippen molar-refractivity contribution in [2.45, 2.75) is 48.9 Å². The molecule has 0 spiro atoms. The lowest BCUT2D eigenvalue weighted by atomic mass is 9.95. The summed E-state index contributed by atoms with van der Waals surface area (Å²) in [5.41, 5.74) is 21.8. The van der Waals surface area contributed by atoms with Gasteiger partial charge in [-0.05, 0) is 48.9 Å². The molecule has 1 amide bonds. The predicted molar refractivity (Wildman–Crippen MR) is 189 cm³/mol. The van der Waals surface area contributed by atoms with E-state index in [2.05, 4.69) is 22.4 Å². The van der Waals surface area contributed by atoms with E-state index in [0.717, 1.165) is 34.7 Å². The molecule has 0 saturated heterocycles. The maximum Gasteiger partial charge on any atom is 0.305 e. The number of carbonyl (C=O) groups is 2. The normalized spacial score (nSPS) is 11.4. The van der Waals surface area contributed by atoms with Crippen molar-refractivity contribution in [1.82, 2.24) is 15.3 Å². The Labute approximate surface area is 292 Å². The lowest BCUT2D eigenvalue weighted by Gasteiger charge is -2.13. The molecule has 248 valence electrons. The quantitative estimate of drug-likeness (QED) is 0.0678. The number of nitriles is 2. The van der Waals surface area contributed by atoms with Crippen LogP contribution in [0.15, 0.2) is 58.9 Å². The number of unbranched alkanes of at least 4 members (excludes halogenated alkanes) is 1. The highest BCUT2D eigenvalue weighted by molar-refractivity contribution is 7.98. The number of anilines is 1. The number of aryl methyl sites for hydroxylation is 1. The number of nitrogens with zero attached hydrogens (tertiary/aromatic N) is 4. The van der Waals surface area contributed by atoms with E-state index in [-0.39, 0.29) is 42.3 Å². The molecule has 2 aromatic carbocycles. The summed E-state index contributed by atoms with van der Waals surface area (Å²) in [5.74, 6) is -0.212. The van der Waals surface area contributed by atoms with E-state index in [1.807, 2.05) is 53.9 Å². The molecule has 0 bridgehead atoms. The summed E-state index contributed by atoms with van der Waals surface area (Å²) in [7, 11) is 0. The number of thiazole rings is 1. The number of hydrogen-bond donors (Lipinski definition) is 4. The molecule has 0 radical (unpaired) electrons. The second-order valence-corrected chi connectivity index (χ2v) is 12.9. The molecular formula is C34H35ClN8O3S2. The number of nitrogens with one attached hydrogen (secondary N) is 1. The molecule has 2 aromatic heterocycles. The fourth-order valence-electron chi connectivity index (χ4n) is 4.69. The Hall–Kier alpha value is -4.50. The second kappa shape index (κ2) is 18.2. The van der Waals surface area contributed by atoms with Gasteiger partial charge in [0.25, 0.3) is 0 Å². The highest BCUT2D eigenvalue weighted by Crippen LogP contribution is 2.37. The Balaban J connectivity index is 1.33. The molecular weight excluding hydrogens is 668 g/mol. The summed E-state index contributed by atoms with van der Waals surface area (Å²) in [6.07, 6.45) is 2.44. The van der Waals surface area contributed by atoms with Crippen molar-refractivity contribution in [1.29, 1.82) is 10.5 Å². The van der Waals surface area contributed by atoms with Crippen LogP contribution in [0.1, 0.15) is 48.1 Å². The lowest BCUT2D eigenvalue weighted by molar-refractivity contribution is -0.144. The van der Waals surface area contributed by atoms with Crippen LogP contribution < -0.4 is 22.5 Å². The third kappa shape index (κ3) is 10.0. The van der Waals surface area contributed by atoms with Gasteiger partial charge in [-0.2, -0.15) is 10.5 Å². The standard InChI is InChI=1S/C34H35ClN8O3S2/c35-24-10-8-23(9-11-24)33-42-25(19-47-33)20-48-34-27(18-38)30(26(17-37)31(40)43-34)22-6-4-21(5-7-22)3-1-2-16-46-29(44)13-12-28(39)32(45)41-15-14-36/h4-11,19,28H,1-3,12-16,20,36,39H2,(H2,40,43)(H,41,45)/t28-/m0/s1. The molecule has 4 aromatic rings. The Morgan fingerprint density at radius 1 is 1.02 bits per heavy atom. The Morgan fingerprint density at radius 3 is 2.42 bits per heavy atom. The fraction of sp³-hybridized carbons (Fsp3) is 0.294. The topological polar surface area (TPSA) is 207 Å². The van der Waals surface area contributed by atoms with Crippen LogP contribution in [-0.2, 0) is 26.5 Å². The zero-order valence-corrected chi connectivity index (χ0v) is 28.5. The highest BCUT2D eigenvalue weighted by atomic mass is 35.5. The first kappa shape index (κ1) is 36.3. The van der Waals surface area contributed by atoms with Gasteiger partial charge in [0, 0.05) is 46.8 Å². The smallest absolute Gasteiger partial charge is 0.305 e. The first-order chi connectivity index (χ1) is 23.2. The van der Waals surface area contributed by atoms with Gasteiger partial charge in [0.05, 0.1) is 23.9 Å². The number of pyridine rings is 1. The number of benzene rings is 2. The molecule has 48 heavy (non-hydrogen) atoms. The summed E-state index contributed by atoms with van der Waals surface area (Å²) in [4.78, 5) is 32.9. The van der Waals surface area contributed by atoms with Gasteiger partial charge in [0.15, 0.2) is 0 Å². The van der Waals surface area contributed by atoms with E-state index in [1.165, 1.54) is 23.1 Å². The van der Waals surface area contributed by atoms with Gasteiger partial charge in [-0.25, -0.2) is 9.97 Å². The number of hydrogen-bond acceptors (Lipinski definition) is 12. The molecule has 0 unspecified atom stereocenters. The Kier molecular flexibility index (Phi) is 13.7. The minimum atomic E-state index is -0.784.